The van der Waals surface area contributed by atoms with Crippen LogP contribution in [-0.4, -0.2) is 23.2 Å². The van der Waals surface area contributed by atoms with Gasteiger partial charge < -0.3 is 10.2 Å². The number of halogens is 4. The van der Waals surface area contributed by atoms with E-state index >= 15 is 0 Å². The molecular weight excluding hydrogens is 482 g/mol. The molecule has 0 spiro atoms. The predicted octanol–water partition coefficient (Wildman–Crippen LogP) is 5.89. The van der Waals surface area contributed by atoms with E-state index in [0.29, 0.717) is 0 Å². The topological polar surface area (TPSA) is 94.8 Å². The van der Waals surface area contributed by atoms with Crippen LogP contribution in [0.2, 0.25) is 20.1 Å². The van der Waals surface area contributed by atoms with Crippen molar-refractivity contribution < 1.29 is 23.2 Å². The molecule has 3 aromatic rings. The van der Waals surface area contributed by atoms with Crippen molar-refractivity contribution in [3.63, 3.8) is 0 Å². The third kappa shape index (κ3) is 3.44. The lowest BCUT2D eigenvalue weighted by atomic mass is 9.83. The van der Waals surface area contributed by atoms with Crippen molar-refractivity contribution in [1.29, 1.82) is 0 Å². The minimum Gasteiger partial charge on any atom is -0.508 e. The standard InChI is InChI=1S/C19H12Cl4O5S/c20-12-8-9-15(25)18(23)16(12)19(29(26,27)28,10-4-1-2-7-14(10)24)11-5-3-6-13(21)17(11)22/h1-9,24-25H,(H,26,27,28). The summed E-state index contributed by atoms with van der Waals surface area (Å²) in [6.07, 6.45) is 0. The minimum absolute atomic E-state index is 0.0139. The van der Waals surface area contributed by atoms with Gasteiger partial charge >= 0.3 is 0 Å². The first-order valence-electron chi connectivity index (χ1n) is 7.91. The summed E-state index contributed by atoms with van der Waals surface area (Å²) in [7, 11) is -5.19. The molecule has 0 aliphatic rings. The molecule has 0 amide bonds. The molecule has 5 nitrogen and oxygen atoms in total. The van der Waals surface area contributed by atoms with Gasteiger partial charge in [0.2, 0.25) is 0 Å². The molecule has 0 aliphatic carbocycles. The van der Waals surface area contributed by atoms with E-state index < -0.39 is 37.0 Å². The van der Waals surface area contributed by atoms with Crippen LogP contribution in [-0.2, 0) is 14.9 Å². The number of phenols is 2. The molecule has 0 bridgehead atoms. The number of phenolic OH excluding ortho intramolecular Hbond substituents is 2. The number of hydrogen-bond acceptors (Lipinski definition) is 4. The molecule has 3 aromatic carbocycles. The summed E-state index contributed by atoms with van der Waals surface area (Å²) in [6, 6.07) is 11.9. The van der Waals surface area contributed by atoms with Crippen LogP contribution in [0.3, 0.4) is 0 Å². The maximum absolute atomic E-state index is 13.0. The van der Waals surface area contributed by atoms with E-state index in [1.165, 1.54) is 48.5 Å². The second-order valence-electron chi connectivity index (χ2n) is 6.03. The number of para-hydroxylation sites is 1. The molecule has 3 rings (SSSR count). The Hall–Kier alpha value is -1.67. The van der Waals surface area contributed by atoms with Crippen molar-refractivity contribution in [3.8, 4) is 11.5 Å². The third-order valence-corrected chi connectivity index (χ3v) is 7.36. The number of rotatable bonds is 4. The van der Waals surface area contributed by atoms with Crippen LogP contribution in [0.25, 0.3) is 0 Å². The summed E-state index contributed by atoms with van der Waals surface area (Å²) in [4.78, 5) is 0. The number of hydrogen-bond donors (Lipinski definition) is 3. The highest BCUT2D eigenvalue weighted by Gasteiger charge is 2.54. The molecule has 152 valence electrons. The highest BCUT2D eigenvalue weighted by molar-refractivity contribution is 7.87. The lowest BCUT2D eigenvalue weighted by Gasteiger charge is -2.35. The van der Waals surface area contributed by atoms with Crippen molar-refractivity contribution in [2.75, 3.05) is 0 Å². The van der Waals surface area contributed by atoms with Crippen molar-refractivity contribution in [1.82, 2.24) is 0 Å². The first-order chi connectivity index (χ1) is 13.5. The first kappa shape index (κ1) is 22.0. The highest BCUT2D eigenvalue weighted by atomic mass is 35.5. The van der Waals surface area contributed by atoms with Crippen LogP contribution < -0.4 is 0 Å². The third-order valence-electron chi connectivity index (χ3n) is 4.42. The summed E-state index contributed by atoms with van der Waals surface area (Å²) in [6.45, 7) is 0. The van der Waals surface area contributed by atoms with E-state index in [2.05, 4.69) is 0 Å². The Morgan fingerprint density at radius 2 is 1.31 bits per heavy atom. The minimum atomic E-state index is -5.19. The summed E-state index contributed by atoms with van der Waals surface area (Å²) in [5.74, 6) is -0.982. The average molecular weight is 494 g/mol. The van der Waals surface area contributed by atoms with Gasteiger partial charge in [-0.2, -0.15) is 8.42 Å². The largest absolute Gasteiger partial charge is 0.508 e. The molecule has 29 heavy (non-hydrogen) atoms. The molecule has 0 aliphatic heterocycles. The Morgan fingerprint density at radius 1 is 0.690 bits per heavy atom. The summed E-state index contributed by atoms with van der Waals surface area (Å²) in [5.41, 5.74) is -0.903. The molecule has 0 saturated carbocycles. The lowest BCUT2D eigenvalue weighted by molar-refractivity contribution is 0.439. The Morgan fingerprint density at radius 3 is 1.93 bits per heavy atom. The molecule has 10 heteroatoms. The van der Waals surface area contributed by atoms with E-state index in [4.69, 9.17) is 46.4 Å². The molecule has 1 atom stereocenters. The Balaban J connectivity index is 2.71. The summed E-state index contributed by atoms with van der Waals surface area (Å²) in [5, 5.41) is 19.8. The van der Waals surface area contributed by atoms with Crippen molar-refractivity contribution in [3.05, 3.63) is 91.4 Å². The second-order valence-corrected chi connectivity index (χ2v) is 9.16. The van der Waals surface area contributed by atoms with Gasteiger partial charge in [0.1, 0.15) is 11.5 Å². The van der Waals surface area contributed by atoms with Crippen LogP contribution in [0.5, 0.6) is 11.5 Å². The second kappa shape index (κ2) is 7.87. The monoisotopic (exact) mass is 492 g/mol. The average Bonchev–Trinajstić information content (AvgIpc) is 2.64. The smallest absolute Gasteiger partial charge is 0.283 e. The molecular formula is C19H12Cl4O5S. The van der Waals surface area contributed by atoms with Crippen molar-refractivity contribution in [2.45, 2.75) is 4.75 Å². The molecule has 1 unspecified atom stereocenters. The van der Waals surface area contributed by atoms with Gasteiger partial charge in [0.15, 0.2) is 4.75 Å². The van der Waals surface area contributed by atoms with Gasteiger partial charge in [0.05, 0.1) is 15.1 Å². The SMILES string of the molecule is O=S(=O)(O)C(c1ccccc1O)(c1cccc(Cl)c1Cl)c1c(Cl)ccc(O)c1Cl. The predicted molar refractivity (Wildman–Crippen MR) is 114 cm³/mol. The van der Waals surface area contributed by atoms with E-state index in [9.17, 15) is 23.2 Å². The number of benzene rings is 3. The van der Waals surface area contributed by atoms with Crippen LogP contribution in [0.15, 0.2) is 54.6 Å². The Kier molecular flexibility index (Phi) is 5.98. The molecule has 0 fully saturated rings. The molecule has 0 saturated heterocycles. The van der Waals surface area contributed by atoms with E-state index in [0.717, 1.165) is 6.07 Å². The van der Waals surface area contributed by atoms with Gasteiger partial charge in [-0.25, -0.2) is 0 Å². The van der Waals surface area contributed by atoms with Gasteiger partial charge in [0, 0.05) is 21.7 Å². The van der Waals surface area contributed by atoms with Gasteiger partial charge in [-0.1, -0.05) is 76.7 Å². The fourth-order valence-electron chi connectivity index (χ4n) is 3.23. The van der Waals surface area contributed by atoms with Gasteiger partial charge in [-0.3, -0.25) is 4.55 Å². The molecule has 3 N–H and O–H groups in total. The van der Waals surface area contributed by atoms with Crippen LogP contribution in [0.4, 0.5) is 0 Å². The van der Waals surface area contributed by atoms with Gasteiger partial charge in [0.25, 0.3) is 10.1 Å². The fraction of sp³-hybridized carbons (Fsp3) is 0.0526. The molecule has 0 heterocycles. The summed E-state index contributed by atoms with van der Waals surface area (Å²) < 4.78 is 34.0. The van der Waals surface area contributed by atoms with Gasteiger partial charge in [-0.05, 0) is 24.3 Å². The van der Waals surface area contributed by atoms with E-state index in [1.807, 2.05) is 0 Å². The van der Waals surface area contributed by atoms with Crippen LogP contribution >= 0.6 is 46.4 Å². The number of aromatic hydroxyl groups is 2. The fourth-order valence-corrected chi connectivity index (χ4v) is 5.87. The van der Waals surface area contributed by atoms with Crippen LogP contribution in [0.1, 0.15) is 16.7 Å². The first-order valence-corrected chi connectivity index (χ1v) is 10.9. The lowest BCUT2D eigenvalue weighted by Crippen LogP contribution is -2.39. The Bertz CT molecular complexity index is 1210. The normalized spacial score (nSPS) is 13.8. The van der Waals surface area contributed by atoms with E-state index in [-0.39, 0.29) is 26.2 Å². The maximum atomic E-state index is 13.0. The van der Waals surface area contributed by atoms with E-state index in [1.54, 1.807) is 0 Å². The molecule has 0 radical (unpaired) electrons. The molecule has 0 aromatic heterocycles. The zero-order valence-electron chi connectivity index (χ0n) is 14.3. The zero-order valence-corrected chi connectivity index (χ0v) is 18.1. The van der Waals surface area contributed by atoms with Crippen molar-refractivity contribution in [2.24, 2.45) is 0 Å². The maximum Gasteiger partial charge on any atom is 0.283 e. The van der Waals surface area contributed by atoms with Crippen molar-refractivity contribution >= 4 is 56.5 Å². The zero-order chi connectivity index (χ0) is 21.6. The quantitative estimate of drug-likeness (QED) is 0.311. The highest BCUT2D eigenvalue weighted by Crippen LogP contribution is 2.54. The van der Waals surface area contributed by atoms with Gasteiger partial charge in [-0.15, -0.1) is 0 Å². The summed E-state index contributed by atoms with van der Waals surface area (Å²) >= 11 is 25.0. The Labute approximate surface area is 186 Å². The van der Waals surface area contributed by atoms with Crippen LogP contribution in [0, 0.1) is 0 Å².